The van der Waals surface area contributed by atoms with Crippen LogP contribution in [-0.2, 0) is 43.2 Å². The summed E-state index contributed by atoms with van der Waals surface area (Å²) >= 11 is 0. The number of aliphatic carboxylic acids is 2. The summed E-state index contributed by atoms with van der Waals surface area (Å²) in [5, 5.41) is 53.2. The lowest BCUT2D eigenvalue weighted by molar-refractivity contribution is -0.148. The van der Waals surface area contributed by atoms with E-state index < -0.39 is 120 Å². The minimum atomic E-state index is -1.89. The van der Waals surface area contributed by atoms with E-state index in [1.165, 1.54) is 6.92 Å². The fourth-order valence-electron chi connectivity index (χ4n) is 5.26. The Morgan fingerprint density at radius 1 is 0.561 bits per heavy atom. The summed E-state index contributed by atoms with van der Waals surface area (Å²) in [6.45, 7) is 9.33. The second kappa shape index (κ2) is 26.1. The van der Waals surface area contributed by atoms with Gasteiger partial charge in [0.15, 0.2) is 0 Å². The third-order valence-corrected chi connectivity index (χ3v) is 9.36. The van der Waals surface area contributed by atoms with E-state index in [2.05, 4.69) is 26.6 Å². The largest absolute Gasteiger partial charge is 0.481 e. The smallest absolute Gasteiger partial charge is 0.326 e. The number of carbonyl (C=O) groups excluding carboxylic acids is 7. The number of unbranched alkanes of at least 4 members (excludes halogenated alkanes) is 1. The highest BCUT2D eigenvalue weighted by molar-refractivity contribution is 5.97. The molecule has 22 heteroatoms. The molecular weight excluding hydrogens is 754 g/mol. The normalized spacial score (nSPS) is 16.9. The number of carboxylic acid groups (broad SMARTS) is 2. The van der Waals surface area contributed by atoms with E-state index in [0.29, 0.717) is 25.7 Å². The van der Waals surface area contributed by atoms with Crippen LogP contribution < -0.4 is 49.1 Å². The first kappa shape index (κ1) is 52.1. The zero-order valence-corrected chi connectivity index (χ0v) is 33.4. The average Bonchev–Trinajstić information content (AvgIpc) is 3.13. The number of hydrogen-bond donors (Lipinski definition) is 13. The Labute approximate surface area is 331 Å². The van der Waals surface area contributed by atoms with E-state index in [4.69, 9.17) is 22.3 Å². The molecule has 0 fully saturated rings. The van der Waals surface area contributed by atoms with Crippen LogP contribution in [0.2, 0.25) is 0 Å². The molecule has 0 radical (unpaired) electrons. The van der Waals surface area contributed by atoms with Crippen molar-refractivity contribution >= 4 is 53.3 Å². The standard InChI is InChI=1S/C35H63N9O13/c1-7-16(3)25(38)31(52)39-21(12-13-23(37)47)30(51)43-27(18(5)45)33(54)40-20(11-9-10-14-36)29(50)42-26(17(4)8-2)32(53)44-28(19(6)46)34(55)41-22(35(56)57)15-24(48)49/h16-22,25-28,45-46H,7-15,36,38H2,1-6H3,(H2,37,47)(H,39,52)(H,40,54)(H,41,55)(H,42,50)(H,43,51)(H,44,53)(H,48,49)(H,56,57)/t16?,17?,18?,19?,20-,21-,22-,25?,26-,27-,28-/m0/s1. The minimum absolute atomic E-state index is 0.0340. The highest BCUT2D eigenvalue weighted by Crippen LogP contribution is 2.12. The van der Waals surface area contributed by atoms with E-state index in [1.54, 1.807) is 20.8 Å². The van der Waals surface area contributed by atoms with Gasteiger partial charge in [-0.1, -0.05) is 40.5 Å². The molecule has 7 amide bonds. The molecule has 0 aromatic carbocycles. The number of aliphatic hydroxyl groups is 2. The van der Waals surface area contributed by atoms with Crippen LogP contribution in [-0.4, -0.2) is 135 Å². The van der Waals surface area contributed by atoms with Gasteiger partial charge in [-0.25, -0.2) is 4.79 Å². The molecule has 0 saturated heterocycles. The molecule has 0 aliphatic carbocycles. The molecule has 0 saturated carbocycles. The van der Waals surface area contributed by atoms with Crippen molar-refractivity contribution in [3.05, 3.63) is 0 Å². The number of rotatable bonds is 28. The highest BCUT2D eigenvalue weighted by atomic mass is 16.4. The molecule has 22 nitrogen and oxygen atoms in total. The van der Waals surface area contributed by atoms with Gasteiger partial charge >= 0.3 is 11.9 Å². The molecule has 0 aromatic rings. The van der Waals surface area contributed by atoms with Crippen LogP contribution in [0.15, 0.2) is 0 Å². The fourth-order valence-corrected chi connectivity index (χ4v) is 5.26. The van der Waals surface area contributed by atoms with E-state index in [1.807, 2.05) is 12.2 Å². The number of carboxylic acids is 2. The molecule has 0 rings (SSSR count). The highest BCUT2D eigenvalue weighted by Gasteiger charge is 2.37. The molecule has 57 heavy (non-hydrogen) atoms. The van der Waals surface area contributed by atoms with Gasteiger partial charge in [-0.3, -0.25) is 38.4 Å². The molecule has 0 heterocycles. The fraction of sp³-hybridized carbons (Fsp3) is 0.743. The summed E-state index contributed by atoms with van der Waals surface area (Å²) in [6.07, 6.45) is -3.25. The lowest BCUT2D eigenvalue weighted by Crippen LogP contribution is -2.63. The van der Waals surface area contributed by atoms with Crippen LogP contribution in [0.5, 0.6) is 0 Å². The topological polar surface area (TPSA) is 385 Å². The van der Waals surface area contributed by atoms with Gasteiger partial charge in [0.2, 0.25) is 41.4 Å². The Morgan fingerprint density at radius 3 is 1.40 bits per heavy atom. The Balaban J connectivity index is 6.37. The molecule has 11 atom stereocenters. The maximum atomic E-state index is 13.8. The third kappa shape index (κ3) is 18.7. The first-order valence-corrected chi connectivity index (χ1v) is 18.9. The number of carbonyl (C=O) groups is 9. The summed E-state index contributed by atoms with van der Waals surface area (Å²) in [6, 6.07) is -10.6. The molecule has 0 spiro atoms. The molecular formula is C35H63N9O13. The predicted molar refractivity (Wildman–Crippen MR) is 203 cm³/mol. The Hall–Kier alpha value is -4.93. The SMILES string of the molecule is CCC(C)C(N)C(=O)N[C@@H](CCC(N)=O)C(=O)N[C@H](C(=O)N[C@@H](CCCCN)C(=O)N[C@H](C(=O)N[C@H](C(=O)N[C@@H](CC(=O)O)C(=O)O)C(C)O)C(C)CC)C(C)O. The maximum absolute atomic E-state index is 13.8. The monoisotopic (exact) mass is 817 g/mol. The van der Waals surface area contributed by atoms with E-state index in [9.17, 15) is 58.5 Å². The van der Waals surface area contributed by atoms with Crippen molar-refractivity contribution in [2.45, 2.75) is 147 Å². The summed E-state index contributed by atoms with van der Waals surface area (Å²) in [4.78, 5) is 114. The van der Waals surface area contributed by atoms with Crippen molar-refractivity contribution in [3.63, 3.8) is 0 Å². The van der Waals surface area contributed by atoms with Crippen molar-refractivity contribution in [3.8, 4) is 0 Å². The third-order valence-electron chi connectivity index (χ3n) is 9.36. The van der Waals surface area contributed by atoms with Crippen molar-refractivity contribution in [1.29, 1.82) is 0 Å². The van der Waals surface area contributed by atoms with Crippen LogP contribution in [0, 0.1) is 11.8 Å². The van der Waals surface area contributed by atoms with Gasteiger partial charge < -0.3 is 69.5 Å². The van der Waals surface area contributed by atoms with Crippen LogP contribution in [0.3, 0.4) is 0 Å². The van der Waals surface area contributed by atoms with Gasteiger partial charge in [0, 0.05) is 6.42 Å². The molecule has 5 unspecified atom stereocenters. The first-order chi connectivity index (χ1) is 26.5. The summed E-state index contributed by atoms with van der Waals surface area (Å²) in [5.74, 6) is -10.7. The van der Waals surface area contributed by atoms with Gasteiger partial charge in [-0.05, 0) is 57.9 Å². The summed E-state index contributed by atoms with van der Waals surface area (Å²) in [7, 11) is 0. The first-order valence-electron chi connectivity index (χ1n) is 18.9. The van der Waals surface area contributed by atoms with Crippen LogP contribution >= 0.6 is 0 Å². The number of hydrogen-bond acceptors (Lipinski definition) is 13. The number of amides is 7. The van der Waals surface area contributed by atoms with Crippen molar-refractivity contribution < 1.29 is 63.6 Å². The molecule has 0 aromatic heterocycles. The Kier molecular flexibility index (Phi) is 23.8. The predicted octanol–water partition coefficient (Wildman–Crippen LogP) is -3.97. The summed E-state index contributed by atoms with van der Waals surface area (Å²) in [5.41, 5.74) is 16.9. The van der Waals surface area contributed by atoms with Crippen molar-refractivity contribution in [1.82, 2.24) is 31.9 Å². The second-order valence-electron chi connectivity index (χ2n) is 14.1. The van der Waals surface area contributed by atoms with E-state index >= 15 is 0 Å². The lowest BCUT2D eigenvalue weighted by atomic mass is 9.96. The van der Waals surface area contributed by atoms with Gasteiger partial charge in [-0.15, -0.1) is 0 Å². The number of nitrogens with one attached hydrogen (secondary N) is 6. The molecule has 0 bridgehead atoms. The zero-order valence-electron chi connectivity index (χ0n) is 33.4. The molecule has 16 N–H and O–H groups in total. The van der Waals surface area contributed by atoms with Gasteiger partial charge in [0.05, 0.1) is 24.7 Å². The lowest BCUT2D eigenvalue weighted by Gasteiger charge is -2.30. The van der Waals surface area contributed by atoms with Crippen LogP contribution in [0.25, 0.3) is 0 Å². The van der Waals surface area contributed by atoms with Crippen LogP contribution in [0.4, 0.5) is 0 Å². The van der Waals surface area contributed by atoms with Gasteiger partial charge in [0.25, 0.3) is 0 Å². The van der Waals surface area contributed by atoms with Crippen molar-refractivity contribution in [2.75, 3.05) is 6.54 Å². The Bertz CT molecular complexity index is 1400. The number of primary amides is 1. The second-order valence-corrected chi connectivity index (χ2v) is 14.1. The number of aliphatic hydroxyl groups excluding tert-OH is 2. The van der Waals surface area contributed by atoms with Gasteiger partial charge in [-0.2, -0.15) is 0 Å². The van der Waals surface area contributed by atoms with Crippen molar-refractivity contribution in [2.24, 2.45) is 29.0 Å². The summed E-state index contributed by atoms with van der Waals surface area (Å²) < 4.78 is 0. The Morgan fingerprint density at radius 2 is 0.982 bits per heavy atom. The van der Waals surface area contributed by atoms with E-state index in [0.717, 1.165) is 6.92 Å². The van der Waals surface area contributed by atoms with E-state index in [-0.39, 0.29) is 31.7 Å². The van der Waals surface area contributed by atoms with Gasteiger partial charge in [0.1, 0.15) is 36.3 Å². The number of nitrogens with two attached hydrogens (primary N) is 3. The minimum Gasteiger partial charge on any atom is -0.481 e. The quantitative estimate of drug-likeness (QED) is 0.0335. The van der Waals surface area contributed by atoms with Crippen LogP contribution in [0.1, 0.15) is 92.9 Å². The maximum Gasteiger partial charge on any atom is 0.326 e. The average molecular weight is 818 g/mol. The zero-order chi connectivity index (χ0) is 44.2. The molecule has 326 valence electrons. The molecule has 0 aliphatic heterocycles. The molecule has 0 aliphatic rings.